The number of aromatic nitrogens is 2. The van der Waals surface area contributed by atoms with Crippen LogP contribution in [0.25, 0.3) is 0 Å². The average molecular weight is 393 g/mol. The molecule has 1 aliphatic heterocycles. The number of nitrogens with zero attached hydrogens (tertiary/aromatic N) is 5. The van der Waals surface area contributed by atoms with E-state index in [4.69, 9.17) is 5.10 Å². The van der Waals surface area contributed by atoms with Gasteiger partial charge in [-0.1, -0.05) is 12.1 Å². The normalized spacial score (nSPS) is 16.2. The highest BCUT2D eigenvalue weighted by Gasteiger charge is 2.32. The molecule has 0 bridgehead atoms. The maximum absolute atomic E-state index is 13.3. The first-order valence-corrected chi connectivity index (χ1v) is 9.37. The van der Waals surface area contributed by atoms with E-state index in [9.17, 15) is 14.5 Å². The van der Waals surface area contributed by atoms with Crippen molar-refractivity contribution in [3.63, 3.8) is 0 Å². The molecule has 0 saturated heterocycles. The second-order valence-electron chi connectivity index (χ2n) is 6.89. The molecule has 3 aromatic rings. The van der Waals surface area contributed by atoms with Crippen molar-refractivity contribution in [2.45, 2.75) is 32.9 Å². The van der Waals surface area contributed by atoms with Gasteiger partial charge in [0.1, 0.15) is 5.82 Å². The van der Waals surface area contributed by atoms with Gasteiger partial charge in [-0.15, -0.1) is 0 Å². The molecule has 1 aromatic heterocycles. The van der Waals surface area contributed by atoms with E-state index in [1.165, 1.54) is 24.3 Å². The van der Waals surface area contributed by atoms with E-state index >= 15 is 0 Å². The van der Waals surface area contributed by atoms with Gasteiger partial charge in [-0.05, 0) is 43.7 Å². The smallest absolute Gasteiger partial charge is 0.269 e. The van der Waals surface area contributed by atoms with Crippen LogP contribution in [-0.4, -0.2) is 20.4 Å². The molecular formula is C21H20FN5O2. The molecule has 0 unspecified atom stereocenters. The Bertz CT molecular complexity index is 1070. The first-order chi connectivity index (χ1) is 14.0. The highest BCUT2D eigenvalue weighted by Crippen LogP contribution is 2.38. The Balaban J connectivity index is 1.75. The van der Waals surface area contributed by atoms with Crippen LogP contribution in [0.1, 0.15) is 36.2 Å². The van der Waals surface area contributed by atoms with Crippen molar-refractivity contribution in [3.8, 4) is 0 Å². The number of halogens is 1. The van der Waals surface area contributed by atoms with E-state index in [1.807, 2.05) is 29.7 Å². The average Bonchev–Trinajstić information content (AvgIpc) is 3.32. The Morgan fingerprint density at radius 3 is 2.45 bits per heavy atom. The molecule has 1 aliphatic rings. The van der Waals surface area contributed by atoms with Gasteiger partial charge in [0, 0.05) is 36.4 Å². The van der Waals surface area contributed by atoms with Crippen LogP contribution < -0.4 is 5.01 Å². The molecule has 0 aliphatic carbocycles. The number of non-ortho nitro benzene ring substituents is 1. The van der Waals surface area contributed by atoms with Gasteiger partial charge in [0.15, 0.2) is 0 Å². The van der Waals surface area contributed by atoms with Gasteiger partial charge in [-0.25, -0.2) is 4.39 Å². The van der Waals surface area contributed by atoms with Crippen LogP contribution in [0.4, 0.5) is 15.8 Å². The number of benzene rings is 2. The van der Waals surface area contributed by atoms with Crippen molar-refractivity contribution in [2.24, 2.45) is 5.10 Å². The summed E-state index contributed by atoms with van der Waals surface area (Å²) in [7, 11) is 0. The molecule has 7 nitrogen and oxygen atoms in total. The predicted molar refractivity (Wildman–Crippen MR) is 109 cm³/mol. The second kappa shape index (κ2) is 7.46. The Morgan fingerprint density at radius 1 is 1.17 bits per heavy atom. The number of aryl methyl sites for hydroxylation is 1. The van der Waals surface area contributed by atoms with E-state index in [0.29, 0.717) is 6.42 Å². The molecular weight excluding hydrogens is 373 g/mol. The summed E-state index contributed by atoms with van der Waals surface area (Å²) < 4.78 is 15.3. The summed E-state index contributed by atoms with van der Waals surface area (Å²) in [6.45, 7) is 4.82. The minimum atomic E-state index is -0.423. The summed E-state index contributed by atoms with van der Waals surface area (Å²) >= 11 is 0. The van der Waals surface area contributed by atoms with Crippen molar-refractivity contribution in [1.29, 1.82) is 0 Å². The van der Waals surface area contributed by atoms with Crippen LogP contribution in [0.15, 0.2) is 59.8 Å². The van der Waals surface area contributed by atoms with E-state index in [1.54, 1.807) is 24.3 Å². The van der Waals surface area contributed by atoms with Crippen LogP contribution in [0.3, 0.4) is 0 Å². The fraction of sp³-hybridized carbons (Fsp3) is 0.238. The first-order valence-electron chi connectivity index (χ1n) is 9.37. The van der Waals surface area contributed by atoms with E-state index in [2.05, 4.69) is 5.10 Å². The van der Waals surface area contributed by atoms with Gasteiger partial charge in [0.2, 0.25) is 0 Å². The maximum Gasteiger partial charge on any atom is 0.269 e. The highest BCUT2D eigenvalue weighted by atomic mass is 19.1. The monoisotopic (exact) mass is 393 g/mol. The Morgan fingerprint density at radius 2 is 1.86 bits per heavy atom. The third-order valence-electron chi connectivity index (χ3n) is 5.21. The maximum atomic E-state index is 13.3. The fourth-order valence-electron chi connectivity index (χ4n) is 3.64. The largest absolute Gasteiger partial charge is 0.270 e. The number of hydrazone groups is 1. The summed E-state index contributed by atoms with van der Waals surface area (Å²) in [5.41, 5.74) is 4.56. The summed E-state index contributed by atoms with van der Waals surface area (Å²) in [6, 6.07) is 12.5. The Labute approximate surface area is 167 Å². The summed E-state index contributed by atoms with van der Waals surface area (Å²) in [6.07, 6.45) is 2.48. The second-order valence-corrected chi connectivity index (χ2v) is 6.89. The van der Waals surface area contributed by atoms with Gasteiger partial charge >= 0.3 is 0 Å². The highest BCUT2D eigenvalue weighted by molar-refractivity contribution is 6.03. The summed E-state index contributed by atoms with van der Waals surface area (Å²) in [5, 5.41) is 22.1. The summed E-state index contributed by atoms with van der Waals surface area (Å²) in [5.74, 6) is -0.295. The van der Waals surface area contributed by atoms with Gasteiger partial charge < -0.3 is 0 Å². The van der Waals surface area contributed by atoms with Crippen molar-refractivity contribution in [1.82, 2.24) is 9.78 Å². The zero-order chi connectivity index (χ0) is 20.5. The van der Waals surface area contributed by atoms with Crippen LogP contribution in [-0.2, 0) is 6.54 Å². The number of hydrogen-bond donors (Lipinski definition) is 0. The molecule has 0 fully saturated rings. The van der Waals surface area contributed by atoms with Crippen molar-refractivity contribution in [2.75, 3.05) is 5.01 Å². The van der Waals surface area contributed by atoms with Crippen LogP contribution in [0.2, 0.25) is 0 Å². The third kappa shape index (κ3) is 3.49. The van der Waals surface area contributed by atoms with Crippen LogP contribution in [0.5, 0.6) is 0 Å². The number of nitro groups is 1. The molecule has 8 heteroatoms. The molecule has 0 radical (unpaired) electrons. The van der Waals surface area contributed by atoms with E-state index in [-0.39, 0.29) is 17.5 Å². The Kier molecular flexibility index (Phi) is 4.84. The van der Waals surface area contributed by atoms with Crippen molar-refractivity contribution >= 4 is 17.1 Å². The third-order valence-corrected chi connectivity index (χ3v) is 5.21. The van der Waals surface area contributed by atoms with Crippen LogP contribution >= 0.6 is 0 Å². The lowest BCUT2D eigenvalue weighted by Crippen LogP contribution is -2.19. The molecule has 2 aromatic carbocycles. The molecule has 148 valence electrons. The molecule has 0 saturated carbocycles. The van der Waals surface area contributed by atoms with Gasteiger partial charge in [-0.2, -0.15) is 10.2 Å². The molecule has 1 atom stereocenters. The molecule has 0 spiro atoms. The molecule has 4 rings (SSSR count). The summed E-state index contributed by atoms with van der Waals surface area (Å²) in [4.78, 5) is 10.6. The lowest BCUT2D eigenvalue weighted by atomic mass is 9.98. The van der Waals surface area contributed by atoms with Gasteiger partial charge in [-0.3, -0.25) is 19.8 Å². The first kappa shape index (κ1) is 18.8. The van der Waals surface area contributed by atoms with E-state index < -0.39 is 4.92 Å². The minimum Gasteiger partial charge on any atom is -0.270 e. The Hall–Kier alpha value is -3.55. The van der Waals surface area contributed by atoms with Gasteiger partial charge in [0.25, 0.3) is 5.69 Å². The number of rotatable bonds is 5. The van der Waals surface area contributed by atoms with Crippen LogP contribution in [0, 0.1) is 22.9 Å². The zero-order valence-electron chi connectivity index (χ0n) is 16.1. The van der Waals surface area contributed by atoms with Crippen molar-refractivity contribution in [3.05, 3.63) is 87.5 Å². The lowest BCUT2D eigenvalue weighted by molar-refractivity contribution is -0.384. The topological polar surface area (TPSA) is 76.6 Å². The molecule has 2 heterocycles. The van der Waals surface area contributed by atoms with Crippen molar-refractivity contribution < 1.29 is 9.31 Å². The number of hydrogen-bond acceptors (Lipinski definition) is 5. The number of anilines is 1. The number of nitro benzene ring substituents is 1. The molecule has 29 heavy (non-hydrogen) atoms. The van der Waals surface area contributed by atoms with E-state index in [0.717, 1.165) is 34.8 Å². The quantitative estimate of drug-likeness (QED) is 0.468. The lowest BCUT2D eigenvalue weighted by Gasteiger charge is -2.23. The molecule has 0 amide bonds. The molecule has 0 N–H and O–H groups in total. The minimum absolute atomic E-state index is 0.0298. The predicted octanol–water partition coefficient (Wildman–Crippen LogP) is 4.61. The zero-order valence-corrected chi connectivity index (χ0v) is 16.1. The fourth-order valence-corrected chi connectivity index (χ4v) is 3.64. The van der Waals surface area contributed by atoms with Gasteiger partial charge in [0.05, 0.1) is 28.6 Å². The SMILES string of the molecule is CCn1ncc([C@@H]2CC(c3ccc(F)cc3)=NN2c2ccc([N+](=O)[O-])cc2)c1C. The standard InChI is InChI=1S/C21H20FN5O2/c1-3-25-14(2)19(13-23-25)21-12-20(15-4-6-16(22)7-5-15)24-26(21)17-8-10-18(11-9-17)27(28)29/h4-11,13,21H,3,12H2,1-2H3/t21-/m0/s1.